The maximum absolute atomic E-state index is 10.8. The van der Waals surface area contributed by atoms with Gasteiger partial charge in [-0.15, -0.1) is 0 Å². The van der Waals surface area contributed by atoms with Gasteiger partial charge in [-0.25, -0.2) is 0 Å². The smallest absolute Gasteiger partial charge is 0.264 e. The zero-order valence-electron chi connectivity index (χ0n) is 10.3. The normalized spacial score (nSPS) is 10.6. The second-order valence-electron chi connectivity index (χ2n) is 4.15. The van der Waals surface area contributed by atoms with Crippen molar-refractivity contribution < 1.29 is 14.1 Å². The van der Waals surface area contributed by atoms with Gasteiger partial charge in [0.25, 0.3) is 5.89 Å². The van der Waals surface area contributed by atoms with E-state index in [4.69, 9.17) is 9.26 Å². The predicted octanol–water partition coefficient (Wildman–Crippen LogP) is 2.58. The first-order valence-corrected chi connectivity index (χ1v) is 5.70. The molecule has 0 spiro atoms. The number of carbonyl (C=O) groups is 1. The van der Waals surface area contributed by atoms with Gasteiger partial charge >= 0.3 is 0 Å². The van der Waals surface area contributed by atoms with Crippen LogP contribution in [0, 0.1) is 0 Å². The minimum Gasteiger partial charge on any atom is -0.483 e. The highest BCUT2D eigenvalue weighted by atomic mass is 16.5. The molecule has 2 rings (SSSR count). The largest absolute Gasteiger partial charge is 0.483 e. The van der Waals surface area contributed by atoms with Gasteiger partial charge in [-0.05, 0) is 12.1 Å². The van der Waals surface area contributed by atoms with E-state index in [0.29, 0.717) is 23.0 Å². The Hall–Kier alpha value is -2.17. The van der Waals surface area contributed by atoms with Crippen molar-refractivity contribution in [1.82, 2.24) is 10.1 Å². The van der Waals surface area contributed by atoms with E-state index in [1.807, 2.05) is 13.8 Å². The molecule has 0 atom stereocenters. The first-order chi connectivity index (χ1) is 8.70. The lowest BCUT2D eigenvalue weighted by Gasteiger charge is -2.04. The molecule has 5 nitrogen and oxygen atoms in total. The highest BCUT2D eigenvalue weighted by molar-refractivity contribution is 5.79. The molecule has 18 heavy (non-hydrogen) atoms. The minimum atomic E-state index is 0.157. The second-order valence-corrected chi connectivity index (χ2v) is 4.15. The molecule has 0 saturated carbocycles. The van der Waals surface area contributed by atoms with Crippen LogP contribution in [0.1, 0.15) is 41.8 Å². The minimum absolute atomic E-state index is 0.157. The quantitative estimate of drug-likeness (QED) is 0.758. The maximum atomic E-state index is 10.8. The SMILES string of the molecule is CC(C)c1noc(COc2ccccc2C=O)n1. The summed E-state index contributed by atoms with van der Waals surface area (Å²) in [4.78, 5) is 15.0. The Morgan fingerprint density at radius 3 is 2.83 bits per heavy atom. The Morgan fingerprint density at radius 1 is 1.39 bits per heavy atom. The third-order valence-corrected chi connectivity index (χ3v) is 2.40. The number of hydrogen-bond donors (Lipinski definition) is 0. The van der Waals surface area contributed by atoms with Crippen molar-refractivity contribution in [3.05, 3.63) is 41.5 Å². The zero-order valence-corrected chi connectivity index (χ0v) is 10.3. The summed E-state index contributed by atoms with van der Waals surface area (Å²) in [6.07, 6.45) is 0.753. The van der Waals surface area contributed by atoms with Crippen LogP contribution in [0.4, 0.5) is 0 Å². The molecule has 0 radical (unpaired) electrons. The van der Waals surface area contributed by atoms with Crippen molar-refractivity contribution in [2.75, 3.05) is 0 Å². The lowest BCUT2D eigenvalue weighted by atomic mass is 10.2. The number of ether oxygens (including phenoxy) is 1. The Morgan fingerprint density at radius 2 is 2.17 bits per heavy atom. The van der Waals surface area contributed by atoms with Crippen LogP contribution in [0.15, 0.2) is 28.8 Å². The van der Waals surface area contributed by atoms with Crippen molar-refractivity contribution in [3.63, 3.8) is 0 Å². The number of aromatic nitrogens is 2. The van der Waals surface area contributed by atoms with Crippen molar-refractivity contribution in [3.8, 4) is 5.75 Å². The van der Waals surface area contributed by atoms with Gasteiger partial charge in [0.15, 0.2) is 18.7 Å². The fraction of sp³-hybridized carbons (Fsp3) is 0.308. The summed E-state index contributed by atoms with van der Waals surface area (Å²) in [5, 5.41) is 3.83. The van der Waals surface area contributed by atoms with Gasteiger partial charge < -0.3 is 9.26 Å². The summed E-state index contributed by atoms with van der Waals surface area (Å²) in [5.41, 5.74) is 0.501. The summed E-state index contributed by atoms with van der Waals surface area (Å²) < 4.78 is 10.5. The van der Waals surface area contributed by atoms with Crippen LogP contribution in [-0.2, 0) is 6.61 Å². The highest BCUT2D eigenvalue weighted by Crippen LogP contribution is 2.17. The van der Waals surface area contributed by atoms with Crippen molar-refractivity contribution in [2.24, 2.45) is 0 Å². The first kappa shape index (κ1) is 12.3. The van der Waals surface area contributed by atoms with Gasteiger partial charge in [-0.2, -0.15) is 4.98 Å². The topological polar surface area (TPSA) is 65.2 Å². The lowest BCUT2D eigenvalue weighted by Crippen LogP contribution is -1.99. The van der Waals surface area contributed by atoms with Crippen LogP contribution in [0.25, 0.3) is 0 Å². The van der Waals surface area contributed by atoms with E-state index >= 15 is 0 Å². The highest BCUT2D eigenvalue weighted by Gasteiger charge is 2.10. The van der Waals surface area contributed by atoms with E-state index in [1.54, 1.807) is 24.3 Å². The Labute approximate surface area is 105 Å². The van der Waals surface area contributed by atoms with E-state index in [2.05, 4.69) is 10.1 Å². The molecule has 0 aliphatic carbocycles. The van der Waals surface area contributed by atoms with Crippen LogP contribution in [0.3, 0.4) is 0 Å². The molecule has 1 aromatic carbocycles. The molecule has 0 bridgehead atoms. The molecule has 5 heteroatoms. The van der Waals surface area contributed by atoms with Crippen LogP contribution in [0.2, 0.25) is 0 Å². The molecular weight excluding hydrogens is 232 g/mol. The molecule has 1 aromatic heterocycles. The van der Waals surface area contributed by atoms with Crippen LogP contribution >= 0.6 is 0 Å². The second kappa shape index (κ2) is 5.44. The zero-order chi connectivity index (χ0) is 13.0. The fourth-order valence-electron chi connectivity index (χ4n) is 1.41. The van der Waals surface area contributed by atoms with Gasteiger partial charge in [-0.3, -0.25) is 4.79 Å². The predicted molar refractivity (Wildman–Crippen MR) is 64.5 cm³/mol. The Kier molecular flexibility index (Phi) is 3.72. The van der Waals surface area contributed by atoms with E-state index < -0.39 is 0 Å². The number of nitrogens with zero attached hydrogens (tertiary/aromatic N) is 2. The summed E-state index contributed by atoms with van der Waals surface area (Å²) in [7, 11) is 0. The van der Waals surface area contributed by atoms with Crippen LogP contribution in [-0.4, -0.2) is 16.4 Å². The van der Waals surface area contributed by atoms with E-state index in [0.717, 1.165) is 6.29 Å². The average molecular weight is 246 g/mol. The van der Waals surface area contributed by atoms with Crippen LogP contribution < -0.4 is 4.74 Å². The number of carbonyl (C=O) groups excluding carboxylic acids is 1. The third kappa shape index (κ3) is 2.74. The summed E-state index contributed by atoms with van der Waals surface area (Å²) >= 11 is 0. The van der Waals surface area contributed by atoms with Gasteiger partial charge in [0.1, 0.15) is 5.75 Å². The number of aldehydes is 1. The van der Waals surface area contributed by atoms with E-state index in [9.17, 15) is 4.79 Å². The molecule has 0 N–H and O–H groups in total. The molecule has 0 unspecified atom stereocenters. The number of rotatable bonds is 5. The fourth-order valence-corrected chi connectivity index (χ4v) is 1.41. The molecule has 0 aliphatic rings. The molecule has 0 amide bonds. The monoisotopic (exact) mass is 246 g/mol. The maximum Gasteiger partial charge on any atom is 0.264 e. The number of hydrogen-bond acceptors (Lipinski definition) is 5. The Bertz CT molecular complexity index is 535. The molecule has 0 aliphatic heterocycles. The number of benzene rings is 1. The van der Waals surface area contributed by atoms with E-state index in [1.165, 1.54) is 0 Å². The van der Waals surface area contributed by atoms with E-state index in [-0.39, 0.29) is 12.5 Å². The van der Waals surface area contributed by atoms with Crippen molar-refractivity contribution >= 4 is 6.29 Å². The molecular formula is C13H14N2O3. The summed E-state index contributed by atoms with van der Waals surface area (Å²) in [6.45, 7) is 4.12. The van der Waals surface area contributed by atoms with Gasteiger partial charge in [0.05, 0.1) is 5.56 Å². The van der Waals surface area contributed by atoms with Crippen molar-refractivity contribution in [2.45, 2.75) is 26.4 Å². The Balaban J connectivity index is 2.04. The lowest BCUT2D eigenvalue weighted by molar-refractivity contribution is 0.111. The van der Waals surface area contributed by atoms with Gasteiger partial charge in [0.2, 0.25) is 0 Å². The molecule has 1 heterocycles. The molecule has 0 saturated heterocycles. The van der Waals surface area contributed by atoms with Crippen LogP contribution in [0.5, 0.6) is 5.75 Å². The van der Waals surface area contributed by atoms with Gasteiger partial charge in [0, 0.05) is 5.92 Å². The standard InChI is InChI=1S/C13H14N2O3/c1-9(2)13-14-12(18-15-13)8-17-11-6-4-3-5-10(11)7-16/h3-7,9H,8H2,1-2H3. The molecule has 94 valence electrons. The number of para-hydroxylation sites is 1. The molecule has 0 fully saturated rings. The first-order valence-electron chi connectivity index (χ1n) is 5.70. The third-order valence-electron chi connectivity index (χ3n) is 2.40. The molecule has 2 aromatic rings. The van der Waals surface area contributed by atoms with Crippen molar-refractivity contribution in [1.29, 1.82) is 0 Å². The summed E-state index contributed by atoms with van der Waals surface area (Å²) in [5.74, 6) is 1.78. The van der Waals surface area contributed by atoms with Gasteiger partial charge in [-0.1, -0.05) is 31.1 Å². The average Bonchev–Trinajstić information content (AvgIpc) is 2.85. The summed E-state index contributed by atoms with van der Waals surface area (Å²) in [6, 6.07) is 7.00.